The number of rotatable bonds is 4. The Balaban J connectivity index is 1.94. The van der Waals surface area contributed by atoms with E-state index in [0.717, 1.165) is 47.0 Å². The molecule has 1 amide bonds. The van der Waals surface area contributed by atoms with Crippen molar-refractivity contribution in [1.29, 1.82) is 5.26 Å². The fourth-order valence-corrected chi connectivity index (χ4v) is 3.37. The molecule has 0 fully saturated rings. The van der Waals surface area contributed by atoms with Crippen molar-refractivity contribution in [2.45, 2.75) is 19.8 Å². The number of nitrogens with one attached hydrogen (secondary N) is 1. The smallest absolute Gasteiger partial charge is 0.288 e. The highest BCUT2D eigenvalue weighted by Gasteiger charge is 2.35. The number of nitrogens with zero attached hydrogens (tertiary/aromatic N) is 2. The number of allylic oxidation sites excluding steroid dienone is 1. The summed E-state index contributed by atoms with van der Waals surface area (Å²) >= 11 is 0. The Bertz CT molecular complexity index is 960. The number of fused-ring (bicyclic) bond motifs is 3. The third-order valence-corrected chi connectivity index (χ3v) is 4.44. The van der Waals surface area contributed by atoms with Gasteiger partial charge in [-0.05, 0) is 18.1 Å². The summed E-state index contributed by atoms with van der Waals surface area (Å²) in [5.41, 5.74) is 4.49. The van der Waals surface area contributed by atoms with Gasteiger partial charge in [0.05, 0.1) is 5.71 Å². The standard InChI is InChI=1S/C19H15N3O/c1-2-3-9-21-15-8-7-12-16-11(15)5-4-6-13(16)18-17(12)14(10-20)19(23)22-18/h4-8,21H,2-3,9H2,1H3. The molecule has 0 saturated carbocycles. The van der Waals surface area contributed by atoms with Crippen LogP contribution in [0, 0.1) is 11.3 Å². The highest BCUT2D eigenvalue weighted by molar-refractivity contribution is 6.50. The van der Waals surface area contributed by atoms with E-state index in [1.165, 1.54) is 0 Å². The molecule has 1 aliphatic heterocycles. The molecule has 1 N–H and O–H groups in total. The molecule has 0 aromatic heterocycles. The average molecular weight is 301 g/mol. The highest BCUT2D eigenvalue weighted by Crippen LogP contribution is 2.44. The van der Waals surface area contributed by atoms with Gasteiger partial charge in [0.25, 0.3) is 5.91 Å². The van der Waals surface area contributed by atoms with Crippen molar-refractivity contribution < 1.29 is 4.79 Å². The summed E-state index contributed by atoms with van der Waals surface area (Å²) in [6, 6.07) is 12.1. The van der Waals surface area contributed by atoms with Crippen LogP contribution in [0.4, 0.5) is 5.69 Å². The first kappa shape index (κ1) is 13.7. The molecule has 0 radical (unpaired) electrons. The van der Waals surface area contributed by atoms with Crippen LogP contribution in [0.15, 0.2) is 40.9 Å². The van der Waals surface area contributed by atoms with Crippen molar-refractivity contribution in [3.8, 4) is 6.07 Å². The maximum Gasteiger partial charge on any atom is 0.288 e. The van der Waals surface area contributed by atoms with E-state index in [2.05, 4.69) is 23.3 Å². The second kappa shape index (κ2) is 5.06. The van der Waals surface area contributed by atoms with Gasteiger partial charge in [0.1, 0.15) is 11.6 Å². The lowest BCUT2D eigenvalue weighted by atomic mass is 10.0. The fraction of sp³-hybridized carbons (Fsp3) is 0.211. The van der Waals surface area contributed by atoms with Crippen LogP contribution in [-0.2, 0) is 4.79 Å². The van der Waals surface area contributed by atoms with E-state index in [4.69, 9.17) is 0 Å². The van der Waals surface area contributed by atoms with Gasteiger partial charge in [-0.15, -0.1) is 0 Å². The maximum absolute atomic E-state index is 11.9. The van der Waals surface area contributed by atoms with Crippen LogP contribution >= 0.6 is 0 Å². The van der Waals surface area contributed by atoms with Crippen LogP contribution in [0.3, 0.4) is 0 Å². The fourth-order valence-electron chi connectivity index (χ4n) is 3.37. The third-order valence-electron chi connectivity index (χ3n) is 4.44. The SMILES string of the molecule is CCCCNc1ccc2c3c(cccc13)C1=NC(=O)C(C#N)=C12. The molecule has 4 rings (SSSR count). The van der Waals surface area contributed by atoms with Crippen LogP contribution in [0.2, 0.25) is 0 Å². The summed E-state index contributed by atoms with van der Waals surface area (Å²) in [4.78, 5) is 16.0. The number of benzene rings is 2. The first-order chi connectivity index (χ1) is 11.3. The molecule has 1 heterocycles. The molecule has 2 aromatic rings. The molecule has 0 bridgehead atoms. The summed E-state index contributed by atoms with van der Waals surface area (Å²) in [6.07, 6.45) is 2.26. The number of carbonyl (C=O) groups excluding carboxylic acids is 1. The van der Waals surface area contributed by atoms with Crippen molar-refractivity contribution in [3.63, 3.8) is 0 Å². The minimum absolute atomic E-state index is 0.157. The van der Waals surface area contributed by atoms with Crippen LogP contribution < -0.4 is 5.32 Å². The molecular weight excluding hydrogens is 286 g/mol. The van der Waals surface area contributed by atoms with Crippen LogP contribution in [0.5, 0.6) is 0 Å². The van der Waals surface area contributed by atoms with E-state index in [0.29, 0.717) is 11.3 Å². The molecule has 2 aliphatic rings. The van der Waals surface area contributed by atoms with Gasteiger partial charge in [-0.2, -0.15) is 5.26 Å². The predicted molar refractivity (Wildman–Crippen MR) is 91.4 cm³/mol. The summed E-state index contributed by atoms with van der Waals surface area (Å²) in [5.74, 6) is -0.426. The largest absolute Gasteiger partial charge is 0.385 e. The van der Waals surface area contributed by atoms with Gasteiger partial charge in [-0.3, -0.25) is 4.79 Å². The summed E-state index contributed by atoms with van der Waals surface area (Å²) < 4.78 is 0. The first-order valence-electron chi connectivity index (χ1n) is 7.84. The minimum atomic E-state index is -0.426. The maximum atomic E-state index is 11.9. The van der Waals surface area contributed by atoms with E-state index in [1.54, 1.807) is 0 Å². The molecule has 2 aromatic carbocycles. The summed E-state index contributed by atoms with van der Waals surface area (Å²) in [5, 5.41) is 15.0. The number of hydrogen-bond donors (Lipinski definition) is 1. The zero-order chi connectivity index (χ0) is 16.0. The van der Waals surface area contributed by atoms with E-state index < -0.39 is 5.91 Å². The molecular formula is C19H15N3O. The first-order valence-corrected chi connectivity index (χ1v) is 7.84. The van der Waals surface area contributed by atoms with E-state index in [9.17, 15) is 10.1 Å². The van der Waals surface area contributed by atoms with Gasteiger partial charge in [0.15, 0.2) is 0 Å². The van der Waals surface area contributed by atoms with Crippen molar-refractivity contribution in [3.05, 3.63) is 47.0 Å². The van der Waals surface area contributed by atoms with Crippen molar-refractivity contribution in [2.24, 2.45) is 4.99 Å². The van der Waals surface area contributed by atoms with E-state index >= 15 is 0 Å². The minimum Gasteiger partial charge on any atom is -0.385 e. The Labute approximate surface area is 134 Å². The number of amides is 1. The summed E-state index contributed by atoms with van der Waals surface area (Å²) in [6.45, 7) is 3.10. The second-order valence-corrected chi connectivity index (χ2v) is 5.80. The molecule has 0 unspecified atom stereocenters. The highest BCUT2D eigenvalue weighted by atomic mass is 16.1. The molecule has 23 heavy (non-hydrogen) atoms. The zero-order valence-corrected chi connectivity index (χ0v) is 12.8. The monoisotopic (exact) mass is 301 g/mol. The molecule has 4 nitrogen and oxygen atoms in total. The lowest BCUT2D eigenvalue weighted by Gasteiger charge is -2.11. The molecule has 112 valence electrons. The number of nitriles is 1. The quantitative estimate of drug-likeness (QED) is 0.876. The van der Waals surface area contributed by atoms with Crippen molar-refractivity contribution in [1.82, 2.24) is 0 Å². The summed E-state index contributed by atoms with van der Waals surface area (Å²) in [7, 11) is 0. The number of aliphatic imine (C=N–C) groups is 1. The molecule has 1 aliphatic carbocycles. The molecule has 0 saturated heterocycles. The number of hydrogen-bond acceptors (Lipinski definition) is 3. The van der Waals surface area contributed by atoms with Crippen LogP contribution in [0.1, 0.15) is 30.9 Å². The van der Waals surface area contributed by atoms with Gasteiger partial charge in [-0.25, -0.2) is 4.99 Å². The lowest BCUT2D eigenvalue weighted by Crippen LogP contribution is -2.01. The van der Waals surface area contributed by atoms with Gasteiger partial charge >= 0.3 is 0 Å². The lowest BCUT2D eigenvalue weighted by molar-refractivity contribution is -0.113. The number of anilines is 1. The van der Waals surface area contributed by atoms with Gasteiger partial charge in [0, 0.05) is 34.1 Å². The van der Waals surface area contributed by atoms with Gasteiger partial charge < -0.3 is 5.32 Å². The normalized spacial score (nSPS) is 15.0. The average Bonchev–Trinajstić information content (AvgIpc) is 3.05. The van der Waals surface area contributed by atoms with E-state index in [-0.39, 0.29) is 5.57 Å². The number of unbranched alkanes of at least 4 members (excludes halogenated alkanes) is 1. The van der Waals surface area contributed by atoms with Crippen LogP contribution in [0.25, 0.3) is 16.3 Å². The Kier molecular flexibility index (Phi) is 3.02. The molecule has 0 atom stereocenters. The van der Waals surface area contributed by atoms with Gasteiger partial charge in [0.2, 0.25) is 0 Å². The van der Waals surface area contributed by atoms with Crippen molar-refractivity contribution >= 4 is 33.7 Å². The number of carbonyl (C=O) groups is 1. The Hall–Kier alpha value is -2.93. The van der Waals surface area contributed by atoms with Crippen molar-refractivity contribution in [2.75, 3.05) is 11.9 Å². The topological polar surface area (TPSA) is 65.2 Å². The second-order valence-electron chi connectivity index (χ2n) is 5.80. The Morgan fingerprint density at radius 2 is 2.09 bits per heavy atom. The third kappa shape index (κ3) is 1.83. The molecule has 0 spiro atoms. The Morgan fingerprint density at radius 1 is 1.22 bits per heavy atom. The van der Waals surface area contributed by atoms with Gasteiger partial charge in [-0.1, -0.05) is 37.6 Å². The predicted octanol–water partition coefficient (Wildman–Crippen LogP) is 3.67. The van der Waals surface area contributed by atoms with Crippen LogP contribution in [-0.4, -0.2) is 18.2 Å². The molecule has 4 heteroatoms. The van der Waals surface area contributed by atoms with E-state index in [1.807, 2.05) is 30.3 Å². The zero-order valence-electron chi connectivity index (χ0n) is 12.8. The Morgan fingerprint density at radius 3 is 2.87 bits per heavy atom.